The molecule has 1 saturated heterocycles. The van der Waals surface area contributed by atoms with Gasteiger partial charge in [-0.15, -0.1) is 0 Å². The summed E-state index contributed by atoms with van der Waals surface area (Å²) in [6.45, 7) is 21.0. The minimum absolute atomic E-state index is 0.326. The van der Waals surface area contributed by atoms with E-state index in [4.69, 9.17) is 15.0 Å². The van der Waals surface area contributed by atoms with E-state index in [0.717, 1.165) is 23.0 Å². The van der Waals surface area contributed by atoms with E-state index in [0.29, 0.717) is 5.92 Å². The first-order valence-electron chi connectivity index (χ1n) is 18.6. The van der Waals surface area contributed by atoms with Crippen LogP contribution in [0.3, 0.4) is 0 Å². The highest BCUT2D eigenvalue weighted by Gasteiger charge is 2.51. The third-order valence-electron chi connectivity index (χ3n) is 9.89. The van der Waals surface area contributed by atoms with Crippen molar-refractivity contribution in [1.82, 2.24) is 4.98 Å². The Labute approximate surface area is 314 Å². The van der Waals surface area contributed by atoms with Crippen molar-refractivity contribution in [3.8, 4) is 33.4 Å². The molecule has 52 heavy (non-hydrogen) atoms. The van der Waals surface area contributed by atoms with Crippen LogP contribution in [0.5, 0.6) is 0 Å². The highest BCUT2D eigenvalue weighted by Crippen LogP contribution is 2.38. The molecule has 1 unspecified atom stereocenters. The molecule has 0 saturated carbocycles. The van der Waals surface area contributed by atoms with Crippen molar-refractivity contribution >= 4 is 12.6 Å². The van der Waals surface area contributed by atoms with Crippen LogP contribution in [0.2, 0.25) is 0 Å². The van der Waals surface area contributed by atoms with Gasteiger partial charge in [0.05, 0.1) is 11.2 Å². The second-order valence-corrected chi connectivity index (χ2v) is 14.3. The molecule has 0 bridgehead atoms. The summed E-state index contributed by atoms with van der Waals surface area (Å²) < 4.78 is 12.8. The summed E-state index contributed by atoms with van der Waals surface area (Å²) >= 11 is 0. The minimum Gasteiger partial charge on any atom is -0.405 e. The van der Waals surface area contributed by atoms with E-state index in [1.807, 2.05) is 45.2 Å². The van der Waals surface area contributed by atoms with Crippen molar-refractivity contribution in [1.29, 1.82) is 0 Å². The Balaban J connectivity index is 0.000000594. The maximum absolute atomic E-state index is 6.39. The van der Waals surface area contributed by atoms with E-state index in [-0.39, 0.29) is 11.2 Å². The molecule has 0 spiro atoms. The maximum atomic E-state index is 6.39. The van der Waals surface area contributed by atoms with Gasteiger partial charge in [-0.3, -0.25) is 4.98 Å². The second kappa shape index (κ2) is 18.2. The van der Waals surface area contributed by atoms with Crippen LogP contribution < -0.4 is 11.2 Å². The molecule has 4 nitrogen and oxygen atoms in total. The number of nitrogens with two attached hydrogens (primary N) is 1. The first-order valence-corrected chi connectivity index (χ1v) is 18.6. The van der Waals surface area contributed by atoms with Gasteiger partial charge in [0, 0.05) is 18.3 Å². The fraction of sp³-hybridized carbons (Fsp3) is 0.298. The van der Waals surface area contributed by atoms with E-state index in [9.17, 15) is 0 Å². The lowest BCUT2D eigenvalue weighted by atomic mass is 9.77. The van der Waals surface area contributed by atoms with Crippen LogP contribution in [0, 0.1) is 13.8 Å². The molecule has 1 aliphatic rings. The Kier molecular flexibility index (Phi) is 14.0. The maximum Gasteiger partial charge on any atom is 0.494 e. The van der Waals surface area contributed by atoms with E-state index in [1.54, 1.807) is 12.4 Å². The van der Waals surface area contributed by atoms with Gasteiger partial charge in [-0.05, 0) is 141 Å². The molecular formula is C47H57BN2O2. The lowest BCUT2D eigenvalue weighted by Gasteiger charge is -2.32. The number of allylic oxidation sites excluding steroid dienone is 3. The van der Waals surface area contributed by atoms with Gasteiger partial charge in [-0.25, -0.2) is 0 Å². The molecule has 2 heterocycles. The summed E-state index contributed by atoms with van der Waals surface area (Å²) in [6, 6.07) is 37.2. The van der Waals surface area contributed by atoms with Gasteiger partial charge in [0.25, 0.3) is 0 Å². The van der Waals surface area contributed by atoms with Gasteiger partial charge in [0.1, 0.15) is 0 Å². The number of hydrogen-bond donors (Lipinski definition) is 1. The number of hydrogen-bond acceptors (Lipinski definition) is 4. The van der Waals surface area contributed by atoms with Crippen molar-refractivity contribution in [3.63, 3.8) is 0 Å². The topological polar surface area (TPSA) is 57.4 Å². The summed E-state index contributed by atoms with van der Waals surface area (Å²) in [5, 5.41) is 0. The SMILES string of the molecule is CC.CCC(/C(C)=C/C=C\N)c1cccc(-c2cc(-c3cccc(C)c3)cc(-c3cccc(B4OC(C)(C)C(C)(C)O4)c3)c2)c1.Cc1cccnc1. The molecule has 6 rings (SSSR count). The highest BCUT2D eigenvalue weighted by molar-refractivity contribution is 6.62. The fourth-order valence-corrected chi connectivity index (χ4v) is 6.32. The summed E-state index contributed by atoms with van der Waals surface area (Å²) in [4.78, 5) is 3.88. The summed E-state index contributed by atoms with van der Waals surface area (Å²) in [6.07, 6.45) is 10.2. The predicted molar refractivity (Wildman–Crippen MR) is 224 cm³/mol. The molecule has 2 N–H and O–H groups in total. The summed E-state index contributed by atoms with van der Waals surface area (Å²) in [5.74, 6) is 0.326. The number of pyridine rings is 1. The van der Waals surface area contributed by atoms with Crippen molar-refractivity contribution in [2.75, 3.05) is 0 Å². The minimum atomic E-state index is -0.405. The standard InChI is InChI=1S/C39H44BNO2.C6H7N.C2H6/c1-8-37(28(3)14-12-20-41)32-18-10-16-30(22-32)34-23-33(29-15-9-13-27(2)21-29)24-35(25-34)31-17-11-19-36(26-31)40-42-38(4,5)39(6,7)43-40;1-6-3-2-4-7-5-6;1-2/h9-26,37H,8,41H2,1-7H3;2-5H,1H3;1-2H3/b20-12-,28-14+;;. The second-order valence-electron chi connectivity index (χ2n) is 14.3. The van der Waals surface area contributed by atoms with Gasteiger partial charge >= 0.3 is 7.12 Å². The predicted octanol–water partition coefficient (Wildman–Crippen LogP) is 11.6. The molecule has 4 aromatic carbocycles. The molecule has 5 aromatic rings. The molecule has 1 aromatic heterocycles. The highest BCUT2D eigenvalue weighted by atomic mass is 16.7. The van der Waals surface area contributed by atoms with E-state index >= 15 is 0 Å². The third kappa shape index (κ3) is 9.99. The van der Waals surface area contributed by atoms with Crippen LogP contribution in [-0.4, -0.2) is 23.3 Å². The van der Waals surface area contributed by atoms with Crippen LogP contribution in [0.4, 0.5) is 0 Å². The van der Waals surface area contributed by atoms with Crippen LogP contribution in [0.1, 0.15) is 84.4 Å². The number of aromatic nitrogens is 1. The largest absolute Gasteiger partial charge is 0.494 e. The molecule has 270 valence electrons. The van der Waals surface area contributed by atoms with Crippen LogP contribution in [-0.2, 0) is 9.31 Å². The Morgan fingerprint density at radius 1 is 0.712 bits per heavy atom. The monoisotopic (exact) mass is 692 g/mol. The lowest BCUT2D eigenvalue weighted by molar-refractivity contribution is 0.00578. The summed E-state index contributed by atoms with van der Waals surface area (Å²) in [5.41, 5.74) is 18.0. The third-order valence-corrected chi connectivity index (χ3v) is 9.89. The van der Waals surface area contributed by atoms with E-state index in [1.165, 1.54) is 44.5 Å². The van der Waals surface area contributed by atoms with Gasteiger partial charge in [0.2, 0.25) is 0 Å². The van der Waals surface area contributed by atoms with Crippen molar-refractivity contribution in [2.45, 2.75) is 92.8 Å². The number of rotatable bonds is 8. The Morgan fingerprint density at radius 2 is 1.25 bits per heavy atom. The zero-order chi connectivity index (χ0) is 37.9. The Morgan fingerprint density at radius 3 is 1.75 bits per heavy atom. The van der Waals surface area contributed by atoms with Crippen molar-refractivity contribution in [2.24, 2.45) is 5.73 Å². The number of nitrogens with zero attached hydrogens (tertiary/aromatic N) is 1. The van der Waals surface area contributed by atoms with Crippen molar-refractivity contribution in [3.05, 3.63) is 156 Å². The van der Waals surface area contributed by atoms with Crippen LogP contribution in [0.25, 0.3) is 33.4 Å². The molecule has 0 aliphatic carbocycles. The number of benzene rings is 4. The van der Waals surface area contributed by atoms with Gasteiger partial charge in [0.15, 0.2) is 0 Å². The Bertz CT molecular complexity index is 1950. The van der Waals surface area contributed by atoms with Gasteiger partial charge < -0.3 is 15.0 Å². The lowest BCUT2D eigenvalue weighted by Crippen LogP contribution is -2.41. The average Bonchev–Trinajstić information content (AvgIpc) is 3.38. The van der Waals surface area contributed by atoms with Gasteiger partial charge in [-0.1, -0.05) is 117 Å². The van der Waals surface area contributed by atoms with Crippen molar-refractivity contribution < 1.29 is 9.31 Å². The normalized spacial score (nSPS) is 15.3. The fourth-order valence-electron chi connectivity index (χ4n) is 6.32. The molecular weight excluding hydrogens is 635 g/mol. The quantitative estimate of drug-likeness (QED) is 0.130. The first-order chi connectivity index (χ1) is 24.9. The molecule has 1 atom stereocenters. The van der Waals surface area contributed by atoms with Crippen LogP contribution in [0.15, 0.2) is 139 Å². The zero-order valence-corrected chi connectivity index (χ0v) is 32.9. The van der Waals surface area contributed by atoms with E-state index < -0.39 is 7.12 Å². The summed E-state index contributed by atoms with van der Waals surface area (Å²) in [7, 11) is -0.405. The smallest absolute Gasteiger partial charge is 0.405 e. The average molecular weight is 693 g/mol. The molecule has 0 radical (unpaired) electrons. The Hall–Kier alpha value is -4.71. The molecule has 1 fully saturated rings. The van der Waals surface area contributed by atoms with Crippen LogP contribution >= 0.6 is 0 Å². The van der Waals surface area contributed by atoms with Gasteiger partial charge in [-0.2, -0.15) is 0 Å². The zero-order valence-electron chi connectivity index (χ0n) is 32.9. The number of aryl methyl sites for hydroxylation is 2. The first kappa shape index (κ1) is 40.1. The molecule has 0 amide bonds. The molecule has 1 aliphatic heterocycles. The molecule has 5 heteroatoms. The van der Waals surface area contributed by atoms with E-state index in [2.05, 4.69) is 151 Å².